The van der Waals surface area contributed by atoms with Crippen LogP contribution in [0.3, 0.4) is 0 Å². The summed E-state index contributed by atoms with van der Waals surface area (Å²) < 4.78 is 22.5. The van der Waals surface area contributed by atoms with Crippen LogP contribution in [0.5, 0.6) is 0 Å². The minimum Gasteiger partial charge on any atom is -0.394 e. The second kappa shape index (κ2) is 5.00. The molecule has 0 aliphatic carbocycles. The molecule has 1 aliphatic heterocycles. The van der Waals surface area contributed by atoms with Crippen molar-refractivity contribution in [1.82, 2.24) is 14.5 Å². The molecule has 7 nitrogen and oxygen atoms in total. The normalized spacial score (nSPS) is 32.9. The molecule has 9 heteroatoms. The number of ether oxygens (including phenoxy) is 1. The zero-order chi connectivity index (χ0) is 15.4. The summed E-state index contributed by atoms with van der Waals surface area (Å²) in [5.41, 5.74) is 4.18. The number of aromatic nitrogens is 3. The van der Waals surface area contributed by atoms with Crippen molar-refractivity contribution in [3.8, 4) is 0 Å². The van der Waals surface area contributed by atoms with Crippen LogP contribution in [0.2, 0.25) is 0 Å². The molecule has 21 heavy (non-hydrogen) atoms. The zero-order valence-corrected chi connectivity index (χ0v) is 13.2. The molecule has 0 amide bonds. The third-order valence-corrected chi connectivity index (χ3v) is 4.56. The van der Waals surface area contributed by atoms with Crippen LogP contribution in [-0.4, -0.2) is 49.2 Å². The number of aliphatic hydroxyl groups is 2. The Kier molecular flexibility index (Phi) is 3.55. The van der Waals surface area contributed by atoms with Crippen molar-refractivity contribution >= 4 is 39.4 Å². The Morgan fingerprint density at radius 1 is 1.57 bits per heavy atom. The standard InChI is InChI=1S/C12H14FIN4O3/c1-12(13)8(20)6(3-19)21-11(12)18-2-5(14)7-9(15)16-4-17-10(7)18/h2,4,6,8,11,19-20H,3H2,1H3,(H2,15,16,17)/t6-,8-,11?,12?/m1/s1. The molecule has 3 rings (SSSR count). The highest BCUT2D eigenvalue weighted by atomic mass is 127. The van der Waals surface area contributed by atoms with Crippen molar-refractivity contribution in [3.05, 3.63) is 16.1 Å². The Labute approximate surface area is 133 Å². The number of halogens is 2. The van der Waals surface area contributed by atoms with Gasteiger partial charge in [-0.25, -0.2) is 14.4 Å². The van der Waals surface area contributed by atoms with Gasteiger partial charge >= 0.3 is 0 Å². The molecule has 0 radical (unpaired) electrons. The predicted molar refractivity (Wildman–Crippen MR) is 81.2 cm³/mol. The van der Waals surface area contributed by atoms with Gasteiger partial charge in [0.05, 0.1) is 12.0 Å². The van der Waals surface area contributed by atoms with Crippen molar-refractivity contribution in [1.29, 1.82) is 0 Å². The molecular weight excluding hydrogens is 394 g/mol. The predicted octanol–water partition coefficient (Wildman–Crippen LogP) is 0.597. The topological polar surface area (TPSA) is 106 Å². The van der Waals surface area contributed by atoms with E-state index in [2.05, 4.69) is 32.6 Å². The largest absolute Gasteiger partial charge is 0.394 e. The number of nitrogens with zero attached hydrogens (tertiary/aromatic N) is 3. The van der Waals surface area contributed by atoms with Crippen LogP contribution in [0.4, 0.5) is 10.2 Å². The fourth-order valence-electron chi connectivity index (χ4n) is 2.60. The minimum absolute atomic E-state index is 0.293. The molecule has 2 aromatic rings. The maximum atomic E-state index is 14.8. The molecule has 2 aromatic heterocycles. The first kappa shape index (κ1) is 14.9. The number of fused-ring (bicyclic) bond motifs is 1. The van der Waals surface area contributed by atoms with Crippen molar-refractivity contribution < 1.29 is 19.3 Å². The summed E-state index contributed by atoms with van der Waals surface area (Å²) in [4.78, 5) is 8.04. The number of nitrogen functional groups attached to an aromatic ring is 1. The first-order valence-electron chi connectivity index (χ1n) is 6.27. The first-order chi connectivity index (χ1) is 9.87. The molecule has 0 saturated carbocycles. The number of nitrogens with two attached hydrogens (primary N) is 1. The van der Waals surface area contributed by atoms with Crippen LogP contribution in [0.15, 0.2) is 12.5 Å². The van der Waals surface area contributed by atoms with E-state index in [9.17, 15) is 14.6 Å². The zero-order valence-electron chi connectivity index (χ0n) is 11.1. The first-order valence-corrected chi connectivity index (χ1v) is 7.35. The van der Waals surface area contributed by atoms with Gasteiger partial charge in [0.25, 0.3) is 0 Å². The number of rotatable bonds is 2. The lowest BCUT2D eigenvalue weighted by Gasteiger charge is -2.25. The van der Waals surface area contributed by atoms with Gasteiger partial charge in [-0.05, 0) is 29.5 Å². The molecule has 1 fully saturated rings. The van der Waals surface area contributed by atoms with E-state index in [0.29, 0.717) is 16.9 Å². The number of anilines is 1. The summed E-state index contributed by atoms with van der Waals surface area (Å²) in [6.07, 6.45) is -0.592. The Balaban J connectivity index is 2.15. The van der Waals surface area contributed by atoms with E-state index in [1.54, 1.807) is 6.20 Å². The highest BCUT2D eigenvalue weighted by Crippen LogP contribution is 2.43. The Morgan fingerprint density at radius 2 is 2.29 bits per heavy atom. The summed E-state index contributed by atoms with van der Waals surface area (Å²) in [5, 5.41) is 19.7. The molecule has 114 valence electrons. The van der Waals surface area contributed by atoms with Crippen LogP contribution in [0.25, 0.3) is 11.0 Å². The summed E-state index contributed by atoms with van der Waals surface area (Å²) in [5.74, 6) is 0.293. The summed E-state index contributed by atoms with van der Waals surface area (Å²) in [7, 11) is 0. The second-order valence-corrected chi connectivity index (χ2v) is 6.31. The van der Waals surface area contributed by atoms with Gasteiger partial charge in [-0.1, -0.05) is 0 Å². The molecule has 4 atom stereocenters. The quantitative estimate of drug-likeness (QED) is 0.629. The third-order valence-electron chi connectivity index (χ3n) is 3.74. The molecule has 1 aliphatic rings. The third kappa shape index (κ3) is 2.10. The smallest absolute Gasteiger partial charge is 0.181 e. The van der Waals surface area contributed by atoms with E-state index in [0.717, 1.165) is 3.57 Å². The molecule has 3 heterocycles. The van der Waals surface area contributed by atoms with Gasteiger partial charge < -0.3 is 25.3 Å². The molecule has 4 N–H and O–H groups in total. The SMILES string of the molecule is CC1(F)C(n2cc(I)c3c(N)ncnc32)O[C@H](CO)[C@H]1O. The van der Waals surface area contributed by atoms with Gasteiger partial charge in [0.1, 0.15) is 30.0 Å². The van der Waals surface area contributed by atoms with E-state index in [1.807, 2.05) is 0 Å². The van der Waals surface area contributed by atoms with Crippen molar-refractivity contribution in [2.24, 2.45) is 0 Å². The molecule has 2 unspecified atom stereocenters. The van der Waals surface area contributed by atoms with E-state index < -0.39 is 30.7 Å². The molecular formula is C12H14FIN4O3. The summed E-state index contributed by atoms with van der Waals surface area (Å²) in [6.45, 7) is 0.770. The Hall–Kier alpha value is -1.04. The lowest BCUT2D eigenvalue weighted by molar-refractivity contribution is -0.0564. The summed E-state index contributed by atoms with van der Waals surface area (Å²) in [6, 6.07) is 0. The van der Waals surface area contributed by atoms with Crippen LogP contribution in [0, 0.1) is 3.57 Å². The average Bonchev–Trinajstić information content (AvgIpc) is 2.87. The van der Waals surface area contributed by atoms with Crippen LogP contribution < -0.4 is 5.73 Å². The molecule has 0 aromatic carbocycles. The summed E-state index contributed by atoms with van der Waals surface area (Å²) >= 11 is 2.05. The number of alkyl halides is 1. The lowest BCUT2D eigenvalue weighted by atomic mass is 9.98. The van der Waals surface area contributed by atoms with Crippen LogP contribution >= 0.6 is 22.6 Å². The van der Waals surface area contributed by atoms with Gasteiger partial charge in [-0.2, -0.15) is 0 Å². The van der Waals surface area contributed by atoms with Crippen molar-refractivity contribution in [3.63, 3.8) is 0 Å². The van der Waals surface area contributed by atoms with Crippen LogP contribution in [0.1, 0.15) is 13.2 Å². The van der Waals surface area contributed by atoms with Gasteiger partial charge in [0.2, 0.25) is 0 Å². The highest BCUT2D eigenvalue weighted by molar-refractivity contribution is 14.1. The van der Waals surface area contributed by atoms with Crippen LogP contribution in [-0.2, 0) is 4.74 Å². The number of hydrogen-bond donors (Lipinski definition) is 3. The fourth-order valence-corrected chi connectivity index (χ4v) is 3.42. The van der Waals surface area contributed by atoms with Crippen molar-refractivity contribution in [2.75, 3.05) is 12.3 Å². The number of hydrogen-bond acceptors (Lipinski definition) is 6. The second-order valence-electron chi connectivity index (χ2n) is 5.15. The molecule has 1 saturated heterocycles. The average molecular weight is 408 g/mol. The van der Waals surface area contributed by atoms with E-state index >= 15 is 0 Å². The fraction of sp³-hybridized carbons (Fsp3) is 0.500. The van der Waals surface area contributed by atoms with Gasteiger partial charge in [-0.3, -0.25) is 0 Å². The monoisotopic (exact) mass is 408 g/mol. The van der Waals surface area contributed by atoms with E-state index in [4.69, 9.17) is 10.5 Å². The van der Waals surface area contributed by atoms with Crippen molar-refractivity contribution in [2.45, 2.75) is 31.0 Å². The molecule has 0 bridgehead atoms. The lowest BCUT2D eigenvalue weighted by Crippen LogP contribution is -2.40. The van der Waals surface area contributed by atoms with E-state index in [-0.39, 0.29) is 0 Å². The van der Waals surface area contributed by atoms with Gasteiger partial charge in [0, 0.05) is 9.77 Å². The Morgan fingerprint density at radius 3 is 2.90 bits per heavy atom. The van der Waals surface area contributed by atoms with Gasteiger partial charge in [0.15, 0.2) is 11.9 Å². The number of aliphatic hydroxyl groups excluding tert-OH is 2. The van der Waals surface area contributed by atoms with E-state index in [1.165, 1.54) is 17.8 Å². The minimum atomic E-state index is -2.07. The highest BCUT2D eigenvalue weighted by Gasteiger charge is 2.55. The maximum Gasteiger partial charge on any atom is 0.181 e. The Bertz CT molecular complexity index is 692. The maximum absolute atomic E-state index is 14.8. The van der Waals surface area contributed by atoms with Gasteiger partial charge in [-0.15, -0.1) is 0 Å². The molecule has 0 spiro atoms.